The normalized spacial score (nSPS) is 10.5. The van der Waals surface area contributed by atoms with Crippen LogP contribution in [0.1, 0.15) is 0 Å². The number of thiazole rings is 1. The Hall–Kier alpha value is -1.79. The molecule has 3 rings (SSSR count). The first kappa shape index (κ1) is 13.2. The highest BCUT2D eigenvalue weighted by Gasteiger charge is 2.08. The van der Waals surface area contributed by atoms with Crippen LogP contribution < -0.4 is 4.74 Å². The predicted molar refractivity (Wildman–Crippen MR) is 82.8 cm³/mol. The first-order valence-electron chi connectivity index (χ1n) is 5.86. The summed E-state index contributed by atoms with van der Waals surface area (Å²) < 4.78 is 6.05. The van der Waals surface area contributed by atoms with Crippen molar-refractivity contribution < 1.29 is 4.74 Å². The van der Waals surface area contributed by atoms with Crippen molar-refractivity contribution in [2.75, 3.05) is 7.11 Å². The third-order valence-corrected chi connectivity index (χ3v) is 4.11. The average molecular weight is 348 g/mol. The van der Waals surface area contributed by atoms with Crippen molar-refractivity contribution in [3.8, 4) is 27.8 Å². The summed E-state index contributed by atoms with van der Waals surface area (Å²) >= 11 is 4.97. The van der Waals surface area contributed by atoms with E-state index in [-0.39, 0.29) is 0 Å². The van der Waals surface area contributed by atoms with Crippen molar-refractivity contribution in [2.24, 2.45) is 0 Å². The van der Waals surface area contributed by atoms with Gasteiger partial charge in [-0.3, -0.25) is 0 Å². The molecule has 0 aliphatic heterocycles. The third-order valence-electron chi connectivity index (χ3n) is 2.71. The number of ether oxygens (including phenoxy) is 1. The summed E-state index contributed by atoms with van der Waals surface area (Å²) in [6.07, 6.45) is 0. The second kappa shape index (κ2) is 5.68. The highest BCUT2D eigenvalue weighted by atomic mass is 79.9. The minimum Gasteiger partial charge on any atom is -0.480 e. The second-order valence-electron chi connectivity index (χ2n) is 4.01. The van der Waals surface area contributed by atoms with Gasteiger partial charge < -0.3 is 4.74 Å². The molecule has 0 amide bonds. The van der Waals surface area contributed by atoms with Crippen LogP contribution in [0.3, 0.4) is 0 Å². The molecule has 0 atom stereocenters. The Morgan fingerprint density at radius 3 is 2.45 bits per heavy atom. The molecule has 100 valence electrons. The lowest BCUT2D eigenvalue weighted by atomic mass is 10.2. The topological polar surface area (TPSA) is 47.9 Å². The summed E-state index contributed by atoms with van der Waals surface area (Å²) in [6, 6.07) is 11.7. The zero-order valence-corrected chi connectivity index (χ0v) is 13.0. The average Bonchev–Trinajstić information content (AvgIpc) is 2.98. The summed E-state index contributed by atoms with van der Waals surface area (Å²) in [4.78, 5) is 4.60. The largest absolute Gasteiger partial charge is 0.480 e. The summed E-state index contributed by atoms with van der Waals surface area (Å²) in [6.45, 7) is 0. The molecule has 0 fully saturated rings. The van der Waals surface area contributed by atoms with Gasteiger partial charge in [0.1, 0.15) is 10.7 Å². The van der Waals surface area contributed by atoms with Crippen LogP contribution in [-0.4, -0.2) is 22.3 Å². The minimum atomic E-state index is 0.499. The molecule has 0 saturated heterocycles. The standard InChI is InChI=1S/C14H10BrN3OS/c1-19-13-7-6-11(17-18-13)14-16-12(8-20-14)9-2-4-10(15)5-3-9/h2-8H,1H3. The fourth-order valence-electron chi connectivity index (χ4n) is 1.69. The van der Waals surface area contributed by atoms with Crippen LogP contribution in [0.25, 0.3) is 22.0 Å². The fraction of sp³-hybridized carbons (Fsp3) is 0.0714. The third kappa shape index (κ3) is 2.71. The van der Waals surface area contributed by atoms with E-state index in [1.54, 1.807) is 24.5 Å². The van der Waals surface area contributed by atoms with E-state index in [1.165, 1.54) is 0 Å². The Morgan fingerprint density at radius 2 is 1.80 bits per heavy atom. The maximum Gasteiger partial charge on any atom is 0.233 e. The molecule has 2 aromatic heterocycles. The molecule has 0 saturated carbocycles. The number of hydrogen-bond donors (Lipinski definition) is 0. The summed E-state index contributed by atoms with van der Waals surface area (Å²) in [5, 5.41) is 10.9. The summed E-state index contributed by atoms with van der Waals surface area (Å²) in [5.41, 5.74) is 2.77. The first-order valence-corrected chi connectivity index (χ1v) is 7.53. The molecule has 0 aliphatic carbocycles. The summed E-state index contributed by atoms with van der Waals surface area (Å²) in [7, 11) is 1.57. The molecule has 0 unspecified atom stereocenters. The van der Waals surface area contributed by atoms with Gasteiger partial charge in [-0.15, -0.1) is 21.5 Å². The van der Waals surface area contributed by atoms with Crippen molar-refractivity contribution in [3.05, 3.63) is 46.3 Å². The van der Waals surface area contributed by atoms with Crippen LogP contribution in [0, 0.1) is 0 Å². The molecule has 20 heavy (non-hydrogen) atoms. The summed E-state index contributed by atoms with van der Waals surface area (Å²) in [5.74, 6) is 0.499. The highest BCUT2D eigenvalue weighted by molar-refractivity contribution is 9.10. The Balaban J connectivity index is 1.91. The number of nitrogens with zero attached hydrogens (tertiary/aromatic N) is 3. The van der Waals surface area contributed by atoms with Gasteiger partial charge in [0.05, 0.1) is 12.8 Å². The monoisotopic (exact) mass is 347 g/mol. The van der Waals surface area contributed by atoms with E-state index >= 15 is 0 Å². The van der Waals surface area contributed by atoms with Crippen LogP contribution in [0.4, 0.5) is 0 Å². The van der Waals surface area contributed by atoms with Gasteiger partial charge in [0.15, 0.2) is 0 Å². The van der Waals surface area contributed by atoms with Gasteiger partial charge in [0.25, 0.3) is 0 Å². The van der Waals surface area contributed by atoms with E-state index in [0.717, 1.165) is 26.4 Å². The predicted octanol–water partition coefficient (Wildman–Crippen LogP) is 4.04. The van der Waals surface area contributed by atoms with Gasteiger partial charge in [-0.25, -0.2) is 4.98 Å². The van der Waals surface area contributed by atoms with E-state index in [4.69, 9.17) is 4.74 Å². The van der Waals surface area contributed by atoms with Gasteiger partial charge >= 0.3 is 0 Å². The number of benzene rings is 1. The Labute approximate surface area is 128 Å². The number of hydrogen-bond acceptors (Lipinski definition) is 5. The van der Waals surface area contributed by atoms with Crippen molar-refractivity contribution in [1.29, 1.82) is 0 Å². The zero-order chi connectivity index (χ0) is 13.9. The van der Waals surface area contributed by atoms with Crippen molar-refractivity contribution in [2.45, 2.75) is 0 Å². The molecule has 1 aromatic carbocycles. The Kier molecular flexibility index (Phi) is 3.75. The smallest absolute Gasteiger partial charge is 0.233 e. The van der Waals surface area contributed by atoms with Crippen LogP contribution >= 0.6 is 27.3 Å². The van der Waals surface area contributed by atoms with E-state index in [2.05, 4.69) is 31.1 Å². The molecule has 2 heterocycles. The van der Waals surface area contributed by atoms with Gasteiger partial charge in [0.2, 0.25) is 5.88 Å². The Bertz CT molecular complexity index is 710. The van der Waals surface area contributed by atoms with Crippen molar-refractivity contribution >= 4 is 27.3 Å². The molecular formula is C14H10BrN3OS. The van der Waals surface area contributed by atoms with E-state index in [0.29, 0.717) is 5.88 Å². The van der Waals surface area contributed by atoms with Gasteiger partial charge in [-0.05, 0) is 18.2 Å². The molecular weight excluding hydrogens is 338 g/mol. The van der Waals surface area contributed by atoms with Crippen LogP contribution in [0.5, 0.6) is 5.88 Å². The molecule has 0 N–H and O–H groups in total. The zero-order valence-electron chi connectivity index (χ0n) is 10.6. The van der Waals surface area contributed by atoms with Crippen LogP contribution in [0.15, 0.2) is 46.3 Å². The number of rotatable bonds is 3. The Morgan fingerprint density at radius 1 is 1.00 bits per heavy atom. The van der Waals surface area contributed by atoms with E-state index < -0.39 is 0 Å². The quantitative estimate of drug-likeness (QED) is 0.717. The second-order valence-corrected chi connectivity index (χ2v) is 5.78. The van der Waals surface area contributed by atoms with E-state index in [9.17, 15) is 0 Å². The lowest BCUT2D eigenvalue weighted by molar-refractivity contribution is 0.392. The maximum atomic E-state index is 5.00. The number of halogens is 1. The molecule has 4 nitrogen and oxygen atoms in total. The lowest BCUT2D eigenvalue weighted by Gasteiger charge is -1.98. The lowest BCUT2D eigenvalue weighted by Crippen LogP contribution is -1.91. The van der Waals surface area contributed by atoms with E-state index in [1.807, 2.05) is 35.7 Å². The SMILES string of the molecule is COc1ccc(-c2nc(-c3ccc(Br)cc3)cs2)nn1. The number of aromatic nitrogens is 3. The molecule has 0 radical (unpaired) electrons. The van der Waals surface area contributed by atoms with Crippen molar-refractivity contribution in [3.63, 3.8) is 0 Å². The molecule has 0 spiro atoms. The molecule has 6 heteroatoms. The van der Waals surface area contributed by atoms with Crippen LogP contribution in [-0.2, 0) is 0 Å². The fourth-order valence-corrected chi connectivity index (χ4v) is 2.74. The molecule has 3 aromatic rings. The van der Waals surface area contributed by atoms with Gasteiger partial charge in [0, 0.05) is 21.5 Å². The molecule has 0 aliphatic rings. The first-order chi connectivity index (χ1) is 9.76. The van der Waals surface area contributed by atoms with Crippen LogP contribution in [0.2, 0.25) is 0 Å². The van der Waals surface area contributed by atoms with Gasteiger partial charge in [-0.2, -0.15) is 0 Å². The minimum absolute atomic E-state index is 0.499. The molecule has 0 bridgehead atoms. The highest BCUT2D eigenvalue weighted by Crippen LogP contribution is 2.28. The number of methoxy groups -OCH3 is 1. The maximum absolute atomic E-state index is 5.00. The van der Waals surface area contributed by atoms with Gasteiger partial charge in [-0.1, -0.05) is 28.1 Å². The van der Waals surface area contributed by atoms with Crippen molar-refractivity contribution in [1.82, 2.24) is 15.2 Å².